The van der Waals surface area contributed by atoms with Crippen molar-refractivity contribution in [2.24, 2.45) is 23.3 Å². The number of primary amides is 2. The Morgan fingerprint density at radius 3 is 1.78 bits per heavy atom. The van der Waals surface area contributed by atoms with Crippen molar-refractivity contribution < 1.29 is 14.4 Å². The molecule has 1 aromatic rings. The lowest BCUT2D eigenvalue weighted by Gasteiger charge is -2.31. The maximum atomic E-state index is 12.6. The lowest BCUT2D eigenvalue weighted by atomic mass is 9.95. The van der Waals surface area contributed by atoms with Crippen LogP contribution in [-0.2, 0) is 16.1 Å². The van der Waals surface area contributed by atoms with Gasteiger partial charge in [0.05, 0.1) is 0 Å². The van der Waals surface area contributed by atoms with Gasteiger partial charge >= 0.3 is 0 Å². The monoisotopic (exact) mass is 372 g/mol. The van der Waals surface area contributed by atoms with Crippen molar-refractivity contribution in [3.63, 3.8) is 0 Å². The van der Waals surface area contributed by atoms with Gasteiger partial charge < -0.3 is 16.4 Å². The molecule has 7 heteroatoms. The summed E-state index contributed by atoms with van der Waals surface area (Å²) in [6.45, 7) is 3.68. The molecule has 0 spiro atoms. The maximum absolute atomic E-state index is 12.6. The van der Waals surface area contributed by atoms with Gasteiger partial charge in [0, 0.05) is 37.0 Å². The third-order valence-electron chi connectivity index (χ3n) is 5.78. The summed E-state index contributed by atoms with van der Waals surface area (Å²) < 4.78 is 0. The van der Waals surface area contributed by atoms with E-state index in [4.69, 9.17) is 11.5 Å². The minimum atomic E-state index is -0.272. The van der Waals surface area contributed by atoms with Crippen LogP contribution >= 0.6 is 0 Å². The summed E-state index contributed by atoms with van der Waals surface area (Å²) in [5, 5.41) is 0. The number of carbonyl (C=O) groups excluding carboxylic acids is 3. The number of amides is 3. The number of hydrogen-bond donors (Lipinski definition) is 2. The predicted molar refractivity (Wildman–Crippen MR) is 101 cm³/mol. The van der Waals surface area contributed by atoms with E-state index in [1.807, 2.05) is 24.3 Å². The molecule has 0 atom stereocenters. The van der Waals surface area contributed by atoms with Gasteiger partial charge in [-0.1, -0.05) is 12.1 Å². The Labute approximate surface area is 159 Å². The normalized spacial score (nSPS) is 19.8. The van der Waals surface area contributed by atoms with Crippen LogP contribution in [0.2, 0.25) is 0 Å². The first-order valence-corrected chi connectivity index (χ1v) is 9.63. The highest BCUT2D eigenvalue weighted by Crippen LogP contribution is 2.21. The molecule has 0 radical (unpaired) electrons. The topological polar surface area (TPSA) is 110 Å². The summed E-state index contributed by atoms with van der Waals surface area (Å²) in [4.78, 5) is 39.2. The van der Waals surface area contributed by atoms with E-state index in [1.165, 1.54) is 0 Å². The van der Waals surface area contributed by atoms with Crippen LogP contribution in [0.4, 0.5) is 0 Å². The van der Waals surface area contributed by atoms with E-state index in [0.29, 0.717) is 31.5 Å². The standard InChI is InChI=1S/C20H28N4O3/c21-18(25)15-5-9-23(10-6-15)13-14-1-3-17(4-2-14)20(27)24-11-7-16(8-12-24)19(22)26/h1-4,15-16H,5-13H2,(H2,21,25)(H2,22,26). The molecule has 27 heavy (non-hydrogen) atoms. The summed E-state index contributed by atoms with van der Waals surface area (Å²) in [7, 11) is 0. The zero-order valence-electron chi connectivity index (χ0n) is 15.6. The van der Waals surface area contributed by atoms with Gasteiger partial charge in [0.1, 0.15) is 0 Å². The number of nitrogens with two attached hydrogens (primary N) is 2. The Kier molecular flexibility index (Phi) is 6.11. The molecule has 0 bridgehead atoms. The molecule has 0 aliphatic carbocycles. The first kappa shape index (κ1) is 19.4. The SMILES string of the molecule is NC(=O)C1CCN(Cc2ccc(C(=O)N3CCC(C(N)=O)CC3)cc2)CC1. The largest absolute Gasteiger partial charge is 0.369 e. The van der Waals surface area contributed by atoms with Crippen molar-refractivity contribution in [1.29, 1.82) is 0 Å². The van der Waals surface area contributed by atoms with Crippen LogP contribution in [0.1, 0.15) is 41.6 Å². The van der Waals surface area contributed by atoms with Gasteiger partial charge in [0.25, 0.3) is 5.91 Å². The predicted octanol–water partition coefficient (Wildman–Crippen LogP) is 0.721. The molecule has 2 fully saturated rings. The van der Waals surface area contributed by atoms with Crippen LogP contribution in [0.25, 0.3) is 0 Å². The van der Waals surface area contributed by atoms with Crippen LogP contribution in [0, 0.1) is 11.8 Å². The molecule has 3 rings (SSSR count). The summed E-state index contributed by atoms with van der Waals surface area (Å²) in [6.07, 6.45) is 2.90. The summed E-state index contributed by atoms with van der Waals surface area (Å²) in [5.41, 5.74) is 12.5. The maximum Gasteiger partial charge on any atom is 0.253 e. The molecule has 7 nitrogen and oxygen atoms in total. The molecule has 2 aliphatic heterocycles. The first-order valence-electron chi connectivity index (χ1n) is 9.63. The van der Waals surface area contributed by atoms with E-state index in [1.54, 1.807) is 4.90 Å². The quantitative estimate of drug-likeness (QED) is 0.793. The second-order valence-corrected chi connectivity index (χ2v) is 7.62. The number of rotatable bonds is 5. The fraction of sp³-hybridized carbons (Fsp3) is 0.550. The van der Waals surface area contributed by atoms with E-state index in [9.17, 15) is 14.4 Å². The smallest absolute Gasteiger partial charge is 0.253 e. The number of piperidine rings is 2. The van der Waals surface area contributed by atoms with Gasteiger partial charge in [-0.05, 0) is 56.5 Å². The average molecular weight is 372 g/mol. The number of nitrogens with zero attached hydrogens (tertiary/aromatic N) is 2. The molecular weight excluding hydrogens is 344 g/mol. The van der Waals surface area contributed by atoms with Crippen LogP contribution in [0.15, 0.2) is 24.3 Å². The van der Waals surface area contributed by atoms with Crippen LogP contribution in [0.3, 0.4) is 0 Å². The second kappa shape index (κ2) is 8.52. The summed E-state index contributed by atoms with van der Waals surface area (Å²) in [6, 6.07) is 7.72. The highest BCUT2D eigenvalue weighted by atomic mass is 16.2. The molecule has 1 aromatic carbocycles. The third-order valence-corrected chi connectivity index (χ3v) is 5.78. The summed E-state index contributed by atoms with van der Waals surface area (Å²) >= 11 is 0. The molecule has 3 amide bonds. The van der Waals surface area contributed by atoms with Crippen molar-refractivity contribution in [1.82, 2.24) is 9.80 Å². The molecule has 0 saturated carbocycles. The number of carbonyl (C=O) groups is 3. The minimum absolute atomic E-state index is 0.0000440. The minimum Gasteiger partial charge on any atom is -0.369 e. The zero-order valence-corrected chi connectivity index (χ0v) is 15.6. The molecular formula is C20H28N4O3. The zero-order chi connectivity index (χ0) is 19.4. The Balaban J connectivity index is 1.51. The highest BCUT2D eigenvalue weighted by molar-refractivity contribution is 5.94. The molecule has 146 valence electrons. The van der Waals surface area contributed by atoms with Crippen LogP contribution in [-0.4, -0.2) is 53.7 Å². The number of benzene rings is 1. The molecule has 2 heterocycles. The van der Waals surface area contributed by atoms with Crippen LogP contribution < -0.4 is 11.5 Å². The van der Waals surface area contributed by atoms with Gasteiger partial charge in [0.2, 0.25) is 11.8 Å². The lowest BCUT2D eigenvalue weighted by Crippen LogP contribution is -2.41. The third kappa shape index (κ3) is 4.86. The highest BCUT2D eigenvalue weighted by Gasteiger charge is 2.26. The number of likely N-dealkylation sites (tertiary alicyclic amines) is 2. The fourth-order valence-corrected chi connectivity index (χ4v) is 3.94. The van der Waals surface area contributed by atoms with Gasteiger partial charge in [-0.3, -0.25) is 19.3 Å². The molecule has 0 unspecified atom stereocenters. The Bertz CT molecular complexity index is 688. The molecule has 2 aliphatic rings. The van der Waals surface area contributed by atoms with E-state index in [2.05, 4.69) is 4.90 Å². The Hall–Kier alpha value is -2.41. The van der Waals surface area contributed by atoms with E-state index in [0.717, 1.165) is 38.0 Å². The van der Waals surface area contributed by atoms with E-state index < -0.39 is 0 Å². The van der Waals surface area contributed by atoms with E-state index >= 15 is 0 Å². The van der Waals surface area contributed by atoms with Crippen molar-refractivity contribution in [2.45, 2.75) is 32.2 Å². The summed E-state index contributed by atoms with van der Waals surface area (Å²) in [5.74, 6) is -0.578. The van der Waals surface area contributed by atoms with Gasteiger partial charge in [-0.25, -0.2) is 0 Å². The first-order chi connectivity index (χ1) is 12.9. The average Bonchev–Trinajstić information content (AvgIpc) is 2.68. The van der Waals surface area contributed by atoms with Crippen molar-refractivity contribution in [3.8, 4) is 0 Å². The van der Waals surface area contributed by atoms with Crippen LogP contribution in [0.5, 0.6) is 0 Å². The lowest BCUT2D eigenvalue weighted by molar-refractivity contribution is -0.123. The number of hydrogen-bond acceptors (Lipinski definition) is 4. The Morgan fingerprint density at radius 2 is 1.30 bits per heavy atom. The van der Waals surface area contributed by atoms with E-state index in [-0.39, 0.29) is 29.6 Å². The fourth-order valence-electron chi connectivity index (χ4n) is 3.94. The van der Waals surface area contributed by atoms with Crippen molar-refractivity contribution in [2.75, 3.05) is 26.2 Å². The Morgan fingerprint density at radius 1 is 0.815 bits per heavy atom. The second-order valence-electron chi connectivity index (χ2n) is 7.62. The van der Waals surface area contributed by atoms with Crippen molar-refractivity contribution in [3.05, 3.63) is 35.4 Å². The molecule has 2 saturated heterocycles. The van der Waals surface area contributed by atoms with Gasteiger partial charge in [-0.2, -0.15) is 0 Å². The molecule has 0 aromatic heterocycles. The molecule has 4 N–H and O–H groups in total. The van der Waals surface area contributed by atoms with Gasteiger partial charge in [-0.15, -0.1) is 0 Å². The van der Waals surface area contributed by atoms with Crippen molar-refractivity contribution >= 4 is 17.7 Å². The van der Waals surface area contributed by atoms with Gasteiger partial charge in [0.15, 0.2) is 0 Å².